The fourth-order valence-corrected chi connectivity index (χ4v) is 14.0. The van der Waals surface area contributed by atoms with Crippen LogP contribution in [0.3, 0.4) is 0 Å². The second-order valence-electron chi connectivity index (χ2n) is 26.4. The first-order valence-corrected chi connectivity index (χ1v) is 27.5. The topological polar surface area (TPSA) is 179 Å². The molecule has 0 saturated carbocycles. The van der Waals surface area contributed by atoms with Crippen molar-refractivity contribution < 1.29 is 48.2 Å². The van der Waals surface area contributed by atoms with E-state index in [1.165, 1.54) is 0 Å². The highest BCUT2D eigenvalue weighted by atomic mass is 16.7. The fraction of sp³-hybridized carbons (Fsp3) is 0.667. The molecule has 2 atom stereocenters. The largest absolute Gasteiger partial charge is 0.506 e. The van der Waals surface area contributed by atoms with Crippen molar-refractivity contribution in [3.8, 4) is 0 Å². The minimum atomic E-state index is -0.486. The van der Waals surface area contributed by atoms with Gasteiger partial charge in [-0.1, -0.05) is 13.8 Å². The number of carbonyl (C=O) groups excluding carboxylic acids is 5. The first-order chi connectivity index (χ1) is 35.0. The smallest absolute Gasteiger partial charge is 0.306 e. The van der Waals surface area contributed by atoms with Crippen LogP contribution in [-0.4, -0.2) is 118 Å². The molecule has 16 heteroatoms. The zero-order valence-corrected chi connectivity index (χ0v) is 49.3. The maximum absolute atomic E-state index is 15.1. The van der Waals surface area contributed by atoms with Gasteiger partial charge in [0, 0.05) is 106 Å². The summed E-state index contributed by atoms with van der Waals surface area (Å²) in [5, 5.41) is 23.6. The lowest BCUT2D eigenvalue weighted by atomic mass is 9.76. The van der Waals surface area contributed by atoms with Crippen molar-refractivity contribution in [3.63, 3.8) is 0 Å². The van der Waals surface area contributed by atoms with Crippen molar-refractivity contribution in [1.29, 1.82) is 0 Å². The van der Waals surface area contributed by atoms with Crippen LogP contribution >= 0.6 is 0 Å². The molecule has 16 nitrogen and oxygen atoms in total. The van der Waals surface area contributed by atoms with E-state index in [-0.39, 0.29) is 89.8 Å². The second kappa shape index (κ2) is 20.6. The summed E-state index contributed by atoms with van der Waals surface area (Å²) in [4.78, 5) is 83.6. The molecule has 2 fully saturated rings. The molecule has 76 heavy (non-hydrogen) atoms. The van der Waals surface area contributed by atoms with Gasteiger partial charge in [0.1, 0.15) is 24.0 Å². The number of nitrogens with zero attached hydrogens (tertiary/aromatic N) is 4. The molecule has 7 rings (SSSR count). The number of ether oxygens (including phenoxy) is 2. The van der Waals surface area contributed by atoms with E-state index in [4.69, 9.17) is 19.1 Å². The molecule has 2 saturated heterocycles. The number of Topliss-reactive ketones (excluding diaryl/α,β-unsaturated/α-hetero) is 1. The number of anilines is 3. The Kier molecular flexibility index (Phi) is 15.8. The van der Waals surface area contributed by atoms with Crippen LogP contribution in [0, 0.1) is 0 Å². The maximum Gasteiger partial charge on any atom is 0.306 e. The summed E-state index contributed by atoms with van der Waals surface area (Å²) >= 11 is 0. The molecule has 0 spiro atoms. The maximum atomic E-state index is 15.1. The lowest BCUT2D eigenvalue weighted by Gasteiger charge is -2.52. The molecule has 4 heterocycles. The van der Waals surface area contributed by atoms with E-state index in [1.54, 1.807) is 14.2 Å². The number of piperidine rings is 2. The van der Waals surface area contributed by atoms with E-state index in [0.717, 1.165) is 22.2 Å². The van der Waals surface area contributed by atoms with Crippen LogP contribution in [0.1, 0.15) is 193 Å². The van der Waals surface area contributed by atoms with E-state index in [9.17, 15) is 24.3 Å². The number of allylic oxidation sites excluding steroid dienone is 2. The Balaban J connectivity index is 1.23. The molecule has 0 aromatic heterocycles. The van der Waals surface area contributed by atoms with E-state index in [0.29, 0.717) is 47.8 Å². The Morgan fingerprint density at radius 1 is 0.645 bits per heavy atom. The van der Waals surface area contributed by atoms with Crippen LogP contribution in [0.2, 0.25) is 0 Å². The molecule has 4 aliphatic heterocycles. The Morgan fingerprint density at radius 3 is 1.53 bits per heavy atom. The highest BCUT2D eigenvalue weighted by Gasteiger charge is 2.51. The second-order valence-corrected chi connectivity index (χ2v) is 26.4. The minimum Gasteiger partial charge on any atom is -0.506 e. The van der Waals surface area contributed by atoms with E-state index < -0.39 is 51.7 Å². The number of benzene rings is 2. The highest BCUT2D eigenvalue weighted by molar-refractivity contribution is 6.52. The monoisotopic (exact) mass is 1050 g/mol. The van der Waals surface area contributed by atoms with Crippen molar-refractivity contribution in [1.82, 2.24) is 14.7 Å². The lowest BCUT2D eigenvalue weighted by molar-refractivity contribution is -0.278. The minimum absolute atomic E-state index is 0.0335. The summed E-state index contributed by atoms with van der Waals surface area (Å²) in [5.74, 6) is -2.60. The Labute approximate surface area is 451 Å². The standard InChI is InChI=1S/C60H88N6O10/c1-33(2)63-35(5)59(15,16)41-25-39(43(27-45(41)63)61-47(67)21-23-49(69)75-37-29-55(7,8)65(73-19)56(9,10)30-37)51-53(71)52(54(51)72)40-26-42-46(64(34(3)4)36(6)60(42,17)18)28-44(40)62-48(68)22-24-50(70)76-38-31-57(11,12)66(74-20)58(13,14)32-38/h25-28,33-38H,21-24,29-32H2,1-20H3,(H2,61,62,67,68,71,72)/p+1. The van der Waals surface area contributed by atoms with E-state index >= 15 is 4.79 Å². The number of amides is 2. The number of esters is 2. The quantitative estimate of drug-likeness (QED) is 0.114. The fourth-order valence-electron chi connectivity index (χ4n) is 14.0. The number of hydrogen-bond donors (Lipinski definition) is 3. The molecule has 2 unspecified atom stereocenters. The Hall–Kier alpha value is -5.16. The highest BCUT2D eigenvalue weighted by Crippen LogP contribution is 2.51. The summed E-state index contributed by atoms with van der Waals surface area (Å²) in [6.07, 6.45) is 0.840. The zero-order chi connectivity index (χ0) is 56.7. The van der Waals surface area contributed by atoms with Crippen LogP contribution in [-0.2, 0) is 54.0 Å². The molecular weight excluding hydrogens is 965 g/mol. The molecule has 5 aliphatic rings. The molecule has 418 valence electrons. The van der Waals surface area contributed by atoms with Crippen LogP contribution in [0.15, 0.2) is 30.0 Å². The molecule has 3 N–H and O–H groups in total. The van der Waals surface area contributed by atoms with Crippen LogP contribution in [0.4, 0.5) is 17.1 Å². The molecule has 1 aliphatic carbocycles. The van der Waals surface area contributed by atoms with Gasteiger partial charge in [0.15, 0.2) is 6.04 Å². The van der Waals surface area contributed by atoms with Gasteiger partial charge in [0.25, 0.3) is 0 Å². The number of hydrogen-bond acceptors (Lipinski definition) is 13. The van der Waals surface area contributed by atoms with E-state index in [2.05, 4.69) is 89.3 Å². The predicted molar refractivity (Wildman–Crippen MR) is 297 cm³/mol. The van der Waals surface area contributed by atoms with Crippen LogP contribution in [0.5, 0.6) is 0 Å². The number of aliphatic hydroxyl groups is 1. The molecule has 2 aromatic carbocycles. The number of fused-ring (bicyclic) bond motifs is 2. The average Bonchev–Trinajstić information content (AvgIpc) is 3.59. The summed E-state index contributed by atoms with van der Waals surface area (Å²) in [7, 11) is 3.29. The molecule has 0 radical (unpaired) electrons. The molecular formula is C60H89N6O10+. The number of rotatable bonds is 15. The average molecular weight is 1050 g/mol. The zero-order valence-electron chi connectivity index (χ0n) is 49.3. The third-order valence-corrected chi connectivity index (χ3v) is 17.4. The van der Waals surface area contributed by atoms with Crippen LogP contribution < -0.4 is 30.7 Å². The number of nitrogens with one attached hydrogen (secondary N) is 2. The Morgan fingerprint density at radius 2 is 1.11 bits per heavy atom. The van der Waals surface area contributed by atoms with Gasteiger partial charge in [-0.05, 0) is 135 Å². The summed E-state index contributed by atoms with van der Waals surface area (Å²) < 4.78 is 14.3. The normalized spacial score (nSPS) is 24.4. The van der Waals surface area contributed by atoms with Gasteiger partial charge >= 0.3 is 11.9 Å². The van der Waals surface area contributed by atoms with Gasteiger partial charge in [-0.15, -0.1) is 0 Å². The van der Waals surface area contributed by atoms with Gasteiger partial charge in [0.05, 0.1) is 55.0 Å². The third-order valence-electron chi connectivity index (χ3n) is 17.4. The predicted octanol–water partition coefficient (Wildman–Crippen LogP) is 8.55. The number of ketones is 1. The lowest BCUT2D eigenvalue weighted by Crippen LogP contribution is -2.61. The van der Waals surface area contributed by atoms with Gasteiger partial charge in [-0.3, -0.25) is 24.0 Å². The van der Waals surface area contributed by atoms with Gasteiger partial charge in [0.2, 0.25) is 23.0 Å². The van der Waals surface area contributed by atoms with Crippen molar-refractivity contribution in [2.24, 2.45) is 0 Å². The summed E-state index contributed by atoms with van der Waals surface area (Å²) in [6, 6.07) is 7.87. The first-order valence-electron chi connectivity index (χ1n) is 27.5. The summed E-state index contributed by atoms with van der Waals surface area (Å²) in [6.45, 7) is 37.7. The Bertz CT molecular complexity index is 2820. The third kappa shape index (κ3) is 10.6. The van der Waals surface area contributed by atoms with Gasteiger partial charge in [-0.2, -0.15) is 10.1 Å². The van der Waals surface area contributed by atoms with E-state index in [1.807, 2.05) is 89.8 Å². The SMILES string of the molecule is CON1C(C)(C)CC(OC(=O)CCC(=O)Nc2cc3c(cc2C2=C(O)C(=c4cc5c(cc4NC(=O)CCC(=O)OC4CC(C)(C)N(OC)C(C)(C)C4)=[N+](C(C)C)C(C)C5(C)C)C2=O)C(C)(C)C(C)N3C(C)C)CC1(C)C. The molecule has 0 bridgehead atoms. The summed E-state index contributed by atoms with van der Waals surface area (Å²) in [5.41, 5.74) is 1.52. The van der Waals surface area contributed by atoms with Crippen molar-refractivity contribution in [3.05, 3.63) is 57.3 Å². The first kappa shape index (κ1) is 58.5. The van der Waals surface area contributed by atoms with Crippen molar-refractivity contribution in [2.75, 3.05) is 29.8 Å². The van der Waals surface area contributed by atoms with Crippen LogP contribution in [0.25, 0.3) is 11.1 Å². The number of aliphatic hydroxyl groups excluding tert-OH is 1. The van der Waals surface area contributed by atoms with Crippen molar-refractivity contribution >= 4 is 57.7 Å². The molecule has 2 amide bonds. The van der Waals surface area contributed by atoms with Gasteiger partial charge in [-0.25, -0.2) is 4.58 Å². The molecule has 2 aromatic rings. The number of hydroxylamine groups is 4. The van der Waals surface area contributed by atoms with Crippen molar-refractivity contribution in [2.45, 2.75) is 245 Å². The number of carbonyl (C=O) groups is 5. The van der Waals surface area contributed by atoms with Gasteiger partial charge < -0.3 is 39.8 Å².